The Kier molecular flexibility index (Phi) is 3.42. The third-order valence-corrected chi connectivity index (χ3v) is 3.28. The van der Waals surface area contributed by atoms with E-state index < -0.39 is 0 Å². The van der Waals surface area contributed by atoms with Crippen LogP contribution in [0.1, 0.15) is 25.7 Å². The molecule has 3 nitrogen and oxygen atoms in total. The molecule has 0 spiro atoms. The molecule has 0 aliphatic heterocycles. The van der Waals surface area contributed by atoms with Gasteiger partial charge in [-0.05, 0) is 31.6 Å². The molecule has 1 unspecified atom stereocenters. The Labute approximate surface area is 86.6 Å². The van der Waals surface area contributed by atoms with Crippen LogP contribution >= 0.6 is 0 Å². The van der Waals surface area contributed by atoms with Crippen LogP contribution in [0.5, 0.6) is 0 Å². The first kappa shape index (κ1) is 10.4. The van der Waals surface area contributed by atoms with E-state index in [0.29, 0.717) is 6.04 Å². The van der Waals surface area contributed by atoms with Gasteiger partial charge in [0, 0.05) is 32.3 Å². The van der Waals surface area contributed by atoms with E-state index >= 15 is 0 Å². The van der Waals surface area contributed by atoms with E-state index in [4.69, 9.17) is 10.5 Å². The monoisotopic (exact) mass is 198 g/mol. The smallest absolute Gasteiger partial charge is 0.0630 e. The lowest BCUT2D eigenvalue weighted by atomic mass is 10.2. The van der Waals surface area contributed by atoms with Crippen LogP contribution in [-0.2, 0) is 4.74 Å². The quantitative estimate of drug-likeness (QED) is 0.658. The summed E-state index contributed by atoms with van der Waals surface area (Å²) >= 11 is 0. The SMILES string of the molecule is COCC(CN)N(CC1CC1)C1CC1. The van der Waals surface area contributed by atoms with Crippen molar-refractivity contribution in [3.63, 3.8) is 0 Å². The van der Waals surface area contributed by atoms with Crippen molar-refractivity contribution in [1.82, 2.24) is 4.90 Å². The van der Waals surface area contributed by atoms with Gasteiger partial charge in [-0.15, -0.1) is 0 Å². The molecule has 82 valence electrons. The van der Waals surface area contributed by atoms with E-state index in [1.165, 1.54) is 32.2 Å². The van der Waals surface area contributed by atoms with Crippen LogP contribution in [0.25, 0.3) is 0 Å². The maximum Gasteiger partial charge on any atom is 0.0630 e. The molecular formula is C11H22N2O. The van der Waals surface area contributed by atoms with Crippen LogP contribution in [0.15, 0.2) is 0 Å². The van der Waals surface area contributed by atoms with E-state index in [1.807, 2.05) is 0 Å². The molecule has 0 aromatic carbocycles. The van der Waals surface area contributed by atoms with E-state index in [9.17, 15) is 0 Å². The van der Waals surface area contributed by atoms with Crippen LogP contribution in [0.2, 0.25) is 0 Å². The highest BCUT2D eigenvalue weighted by atomic mass is 16.5. The number of hydrogen-bond donors (Lipinski definition) is 1. The summed E-state index contributed by atoms with van der Waals surface area (Å²) in [6.45, 7) is 2.78. The van der Waals surface area contributed by atoms with Crippen molar-refractivity contribution in [1.29, 1.82) is 0 Å². The summed E-state index contributed by atoms with van der Waals surface area (Å²) in [6, 6.07) is 1.27. The van der Waals surface area contributed by atoms with Gasteiger partial charge in [-0.3, -0.25) is 4.90 Å². The lowest BCUT2D eigenvalue weighted by Gasteiger charge is -2.30. The normalized spacial score (nSPS) is 24.2. The topological polar surface area (TPSA) is 38.5 Å². The van der Waals surface area contributed by atoms with Crippen molar-refractivity contribution in [2.24, 2.45) is 11.7 Å². The summed E-state index contributed by atoms with van der Waals surface area (Å²) < 4.78 is 5.23. The van der Waals surface area contributed by atoms with Gasteiger partial charge < -0.3 is 10.5 Å². The predicted octanol–water partition coefficient (Wildman–Crippen LogP) is 0.834. The summed E-state index contributed by atoms with van der Waals surface area (Å²) in [7, 11) is 1.77. The fraction of sp³-hybridized carbons (Fsp3) is 1.00. The fourth-order valence-corrected chi connectivity index (χ4v) is 2.09. The Balaban J connectivity index is 1.84. The minimum Gasteiger partial charge on any atom is -0.383 e. The Morgan fingerprint density at radius 1 is 1.36 bits per heavy atom. The number of rotatable bonds is 7. The molecule has 3 heteroatoms. The van der Waals surface area contributed by atoms with Crippen LogP contribution in [-0.4, -0.2) is 43.8 Å². The number of methoxy groups -OCH3 is 1. The van der Waals surface area contributed by atoms with E-state index in [2.05, 4.69) is 4.90 Å². The molecule has 2 fully saturated rings. The third kappa shape index (κ3) is 2.69. The first-order chi connectivity index (χ1) is 6.85. The molecule has 0 aromatic rings. The Bertz CT molecular complexity index is 178. The molecule has 0 bridgehead atoms. The second-order valence-corrected chi connectivity index (χ2v) is 4.72. The molecule has 1 atom stereocenters. The lowest BCUT2D eigenvalue weighted by molar-refractivity contribution is 0.0854. The highest BCUT2D eigenvalue weighted by Crippen LogP contribution is 2.35. The van der Waals surface area contributed by atoms with E-state index in [1.54, 1.807) is 7.11 Å². The van der Waals surface area contributed by atoms with Crippen molar-refractivity contribution in [3.05, 3.63) is 0 Å². The maximum atomic E-state index is 5.80. The van der Waals surface area contributed by atoms with Gasteiger partial charge in [-0.25, -0.2) is 0 Å². The molecule has 14 heavy (non-hydrogen) atoms. The highest BCUT2D eigenvalue weighted by Gasteiger charge is 2.36. The van der Waals surface area contributed by atoms with Crippen LogP contribution in [0, 0.1) is 5.92 Å². The molecular weight excluding hydrogens is 176 g/mol. The molecule has 0 amide bonds. The average molecular weight is 198 g/mol. The minimum atomic E-state index is 0.452. The zero-order chi connectivity index (χ0) is 9.97. The van der Waals surface area contributed by atoms with Crippen molar-refractivity contribution < 1.29 is 4.74 Å². The van der Waals surface area contributed by atoms with Gasteiger partial charge in [-0.1, -0.05) is 0 Å². The first-order valence-electron chi connectivity index (χ1n) is 5.80. The van der Waals surface area contributed by atoms with Crippen molar-refractivity contribution in [2.75, 3.05) is 26.8 Å². The zero-order valence-corrected chi connectivity index (χ0v) is 9.11. The number of nitrogens with two attached hydrogens (primary N) is 1. The molecule has 2 rings (SSSR count). The van der Waals surface area contributed by atoms with Gasteiger partial charge in [0.2, 0.25) is 0 Å². The number of hydrogen-bond acceptors (Lipinski definition) is 3. The van der Waals surface area contributed by atoms with Gasteiger partial charge in [0.05, 0.1) is 6.61 Å². The molecule has 2 aliphatic carbocycles. The van der Waals surface area contributed by atoms with E-state index in [0.717, 1.165) is 25.1 Å². The van der Waals surface area contributed by atoms with Crippen LogP contribution in [0.3, 0.4) is 0 Å². The first-order valence-corrected chi connectivity index (χ1v) is 5.80. The molecule has 2 saturated carbocycles. The third-order valence-electron chi connectivity index (χ3n) is 3.28. The molecule has 0 heterocycles. The zero-order valence-electron chi connectivity index (χ0n) is 9.11. The van der Waals surface area contributed by atoms with Crippen molar-refractivity contribution in [2.45, 2.75) is 37.8 Å². The predicted molar refractivity (Wildman–Crippen MR) is 57.2 cm³/mol. The number of ether oxygens (including phenoxy) is 1. The van der Waals surface area contributed by atoms with Gasteiger partial charge in [0.15, 0.2) is 0 Å². The number of nitrogens with zero attached hydrogens (tertiary/aromatic N) is 1. The largest absolute Gasteiger partial charge is 0.383 e. The summed E-state index contributed by atoms with van der Waals surface area (Å²) in [4.78, 5) is 2.60. The molecule has 0 radical (unpaired) electrons. The summed E-state index contributed by atoms with van der Waals surface area (Å²) in [5.74, 6) is 0.960. The average Bonchev–Trinajstić information content (AvgIpc) is 3.03. The maximum absolute atomic E-state index is 5.80. The second kappa shape index (κ2) is 4.60. The molecule has 2 N–H and O–H groups in total. The molecule has 0 aromatic heterocycles. The fourth-order valence-electron chi connectivity index (χ4n) is 2.09. The summed E-state index contributed by atoms with van der Waals surface area (Å²) in [5, 5.41) is 0. The molecule has 0 saturated heterocycles. The lowest BCUT2D eigenvalue weighted by Crippen LogP contribution is -2.45. The van der Waals surface area contributed by atoms with Gasteiger partial charge in [0.1, 0.15) is 0 Å². The van der Waals surface area contributed by atoms with Crippen LogP contribution < -0.4 is 5.73 Å². The Morgan fingerprint density at radius 3 is 2.50 bits per heavy atom. The van der Waals surface area contributed by atoms with Gasteiger partial charge >= 0.3 is 0 Å². The Morgan fingerprint density at radius 2 is 2.07 bits per heavy atom. The highest BCUT2D eigenvalue weighted by molar-refractivity contribution is 4.92. The van der Waals surface area contributed by atoms with E-state index in [-0.39, 0.29) is 0 Å². The Hall–Kier alpha value is -0.120. The van der Waals surface area contributed by atoms with Gasteiger partial charge in [0.25, 0.3) is 0 Å². The molecule has 2 aliphatic rings. The standard InChI is InChI=1S/C11H22N2O/c1-14-8-11(6-12)13(10-4-5-10)7-9-2-3-9/h9-11H,2-8,12H2,1H3. The van der Waals surface area contributed by atoms with Gasteiger partial charge in [-0.2, -0.15) is 0 Å². The van der Waals surface area contributed by atoms with Crippen molar-refractivity contribution in [3.8, 4) is 0 Å². The summed E-state index contributed by atoms with van der Waals surface area (Å²) in [6.07, 6.45) is 5.58. The summed E-state index contributed by atoms with van der Waals surface area (Å²) in [5.41, 5.74) is 5.80. The van der Waals surface area contributed by atoms with Crippen molar-refractivity contribution >= 4 is 0 Å². The van der Waals surface area contributed by atoms with Crippen LogP contribution in [0.4, 0.5) is 0 Å². The second-order valence-electron chi connectivity index (χ2n) is 4.72. The minimum absolute atomic E-state index is 0.452.